The first-order valence-electron chi connectivity index (χ1n) is 8.71. The number of anilines is 1. The van der Waals surface area contributed by atoms with Gasteiger partial charge in [-0.2, -0.15) is 0 Å². The Morgan fingerprint density at radius 3 is 2.41 bits per heavy atom. The molecule has 0 radical (unpaired) electrons. The van der Waals surface area contributed by atoms with Crippen molar-refractivity contribution in [2.45, 2.75) is 13.0 Å². The molecule has 1 heterocycles. The van der Waals surface area contributed by atoms with E-state index in [0.717, 1.165) is 17.5 Å². The van der Waals surface area contributed by atoms with Crippen LogP contribution in [0.3, 0.4) is 0 Å². The minimum absolute atomic E-state index is 0.177. The van der Waals surface area contributed by atoms with Crippen LogP contribution in [0.1, 0.15) is 21.6 Å². The molecule has 0 aliphatic heterocycles. The van der Waals surface area contributed by atoms with Gasteiger partial charge in [-0.25, -0.2) is 14.4 Å². The molecule has 0 fully saturated rings. The Hall–Kier alpha value is -3.28. The number of amides is 1. The van der Waals surface area contributed by atoms with Crippen molar-refractivity contribution >= 4 is 11.7 Å². The van der Waals surface area contributed by atoms with Crippen molar-refractivity contribution in [3.8, 4) is 0 Å². The summed E-state index contributed by atoms with van der Waals surface area (Å²) in [4.78, 5) is 22.5. The van der Waals surface area contributed by atoms with Gasteiger partial charge in [0, 0.05) is 20.1 Å². The SMILES string of the molecule is CN(Cc1ccccc1)C(=O)c1cnc(NCCc2ccc(F)cc2)cn1. The van der Waals surface area contributed by atoms with E-state index in [2.05, 4.69) is 15.3 Å². The lowest BCUT2D eigenvalue weighted by atomic mass is 10.1. The molecule has 2 aromatic carbocycles. The average molecular weight is 364 g/mol. The van der Waals surface area contributed by atoms with Crippen molar-refractivity contribution in [2.24, 2.45) is 0 Å². The number of carbonyl (C=O) groups is 1. The van der Waals surface area contributed by atoms with Crippen molar-refractivity contribution < 1.29 is 9.18 Å². The lowest BCUT2D eigenvalue weighted by Gasteiger charge is -2.16. The Labute approximate surface area is 157 Å². The Kier molecular flexibility index (Phi) is 6.10. The summed E-state index contributed by atoms with van der Waals surface area (Å²) in [6.07, 6.45) is 3.76. The number of rotatable bonds is 7. The molecule has 0 unspecified atom stereocenters. The molecule has 1 amide bonds. The van der Waals surface area contributed by atoms with Crippen LogP contribution >= 0.6 is 0 Å². The molecule has 6 heteroatoms. The van der Waals surface area contributed by atoms with Gasteiger partial charge < -0.3 is 10.2 Å². The smallest absolute Gasteiger partial charge is 0.274 e. The standard InChI is InChI=1S/C21H21FN4O/c1-26(15-17-5-3-2-4-6-17)21(27)19-13-25-20(14-24-19)23-12-11-16-7-9-18(22)10-8-16/h2-10,13-14H,11-12,15H2,1H3,(H,23,25). The predicted molar refractivity (Wildman–Crippen MR) is 103 cm³/mol. The van der Waals surface area contributed by atoms with Crippen LogP contribution in [0, 0.1) is 5.82 Å². The topological polar surface area (TPSA) is 58.1 Å². The van der Waals surface area contributed by atoms with E-state index in [4.69, 9.17) is 0 Å². The molecule has 0 saturated heterocycles. The number of benzene rings is 2. The molecular formula is C21H21FN4O. The van der Waals surface area contributed by atoms with Gasteiger partial charge in [-0.3, -0.25) is 4.79 Å². The van der Waals surface area contributed by atoms with E-state index in [1.807, 2.05) is 30.3 Å². The fraction of sp³-hybridized carbons (Fsp3) is 0.190. The Morgan fingerprint density at radius 1 is 1.00 bits per heavy atom. The summed E-state index contributed by atoms with van der Waals surface area (Å²) >= 11 is 0. The van der Waals surface area contributed by atoms with E-state index >= 15 is 0 Å². The number of nitrogens with zero attached hydrogens (tertiary/aromatic N) is 3. The lowest BCUT2D eigenvalue weighted by Crippen LogP contribution is -2.27. The number of hydrogen-bond donors (Lipinski definition) is 1. The second-order valence-electron chi connectivity index (χ2n) is 6.24. The highest BCUT2D eigenvalue weighted by Gasteiger charge is 2.14. The number of hydrogen-bond acceptors (Lipinski definition) is 4. The van der Waals surface area contributed by atoms with Crippen molar-refractivity contribution in [1.82, 2.24) is 14.9 Å². The van der Waals surface area contributed by atoms with Gasteiger partial charge in [0.05, 0.1) is 12.4 Å². The van der Waals surface area contributed by atoms with Crippen LogP contribution in [0.5, 0.6) is 0 Å². The summed E-state index contributed by atoms with van der Waals surface area (Å²) in [7, 11) is 1.74. The predicted octanol–water partition coefficient (Wildman–Crippen LogP) is 3.54. The summed E-state index contributed by atoms with van der Waals surface area (Å²) in [5.41, 5.74) is 2.39. The summed E-state index contributed by atoms with van der Waals surface area (Å²) in [6, 6.07) is 16.2. The van der Waals surface area contributed by atoms with Gasteiger partial charge in [-0.15, -0.1) is 0 Å². The Balaban J connectivity index is 1.51. The van der Waals surface area contributed by atoms with Gasteiger partial charge in [0.25, 0.3) is 5.91 Å². The zero-order chi connectivity index (χ0) is 19.1. The van der Waals surface area contributed by atoms with E-state index in [0.29, 0.717) is 24.6 Å². The zero-order valence-corrected chi connectivity index (χ0v) is 15.1. The number of carbonyl (C=O) groups excluding carboxylic acids is 1. The van der Waals surface area contributed by atoms with Crippen LogP contribution in [-0.2, 0) is 13.0 Å². The molecule has 27 heavy (non-hydrogen) atoms. The lowest BCUT2D eigenvalue weighted by molar-refractivity contribution is 0.0779. The molecule has 1 N–H and O–H groups in total. The van der Waals surface area contributed by atoms with E-state index in [-0.39, 0.29) is 11.7 Å². The molecule has 3 rings (SSSR count). The molecular weight excluding hydrogens is 343 g/mol. The monoisotopic (exact) mass is 364 g/mol. The Bertz CT molecular complexity index is 867. The van der Waals surface area contributed by atoms with E-state index in [1.54, 1.807) is 30.3 Å². The van der Waals surface area contributed by atoms with Crippen LogP contribution in [0.15, 0.2) is 67.0 Å². The highest BCUT2D eigenvalue weighted by molar-refractivity contribution is 5.91. The summed E-state index contributed by atoms with van der Waals surface area (Å²) < 4.78 is 12.9. The number of aromatic nitrogens is 2. The average Bonchev–Trinajstić information content (AvgIpc) is 2.70. The molecule has 5 nitrogen and oxygen atoms in total. The van der Waals surface area contributed by atoms with Crippen molar-refractivity contribution in [2.75, 3.05) is 18.9 Å². The van der Waals surface area contributed by atoms with Crippen molar-refractivity contribution in [3.05, 3.63) is 89.6 Å². The molecule has 0 aliphatic rings. The van der Waals surface area contributed by atoms with Gasteiger partial charge in [0.15, 0.2) is 0 Å². The zero-order valence-electron chi connectivity index (χ0n) is 15.1. The van der Waals surface area contributed by atoms with Gasteiger partial charge in [-0.05, 0) is 29.7 Å². The van der Waals surface area contributed by atoms with Crippen LogP contribution in [0.25, 0.3) is 0 Å². The molecule has 0 atom stereocenters. The maximum atomic E-state index is 12.9. The fourth-order valence-corrected chi connectivity index (χ4v) is 2.64. The second kappa shape index (κ2) is 8.89. The van der Waals surface area contributed by atoms with Crippen LogP contribution in [0.2, 0.25) is 0 Å². The largest absolute Gasteiger partial charge is 0.368 e. The van der Waals surface area contributed by atoms with Gasteiger partial charge in [0.2, 0.25) is 0 Å². The maximum Gasteiger partial charge on any atom is 0.274 e. The molecule has 138 valence electrons. The summed E-state index contributed by atoms with van der Waals surface area (Å²) in [5.74, 6) is 0.179. The molecule has 0 spiro atoms. The number of halogens is 1. The quantitative estimate of drug-likeness (QED) is 0.697. The minimum Gasteiger partial charge on any atom is -0.368 e. The molecule has 0 aliphatic carbocycles. The van der Waals surface area contributed by atoms with Crippen LogP contribution < -0.4 is 5.32 Å². The van der Waals surface area contributed by atoms with Crippen molar-refractivity contribution in [1.29, 1.82) is 0 Å². The fourth-order valence-electron chi connectivity index (χ4n) is 2.64. The normalized spacial score (nSPS) is 10.4. The third kappa shape index (κ3) is 5.34. The first-order chi connectivity index (χ1) is 13.1. The van der Waals surface area contributed by atoms with Gasteiger partial charge in [0.1, 0.15) is 17.3 Å². The van der Waals surface area contributed by atoms with Gasteiger partial charge >= 0.3 is 0 Å². The minimum atomic E-state index is -0.241. The van der Waals surface area contributed by atoms with E-state index in [9.17, 15) is 9.18 Å². The first-order valence-corrected chi connectivity index (χ1v) is 8.71. The highest BCUT2D eigenvalue weighted by atomic mass is 19.1. The molecule has 3 aromatic rings. The van der Waals surface area contributed by atoms with Gasteiger partial charge in [-0.1, -0.05) is 42.5 Å². The molecule has 1 aromatic heterocycles. The van der Waals surface area contributed by atoms with Crippen molar-refractivity contribution in [3.63, 3.8) is 0 Å². The van der Waals surface area contributed by atoms with Crippen LogP contribution in [-0.4, -0.2) is 34.4 Å². The van der Waals surface area contributed by atoms with E-state index in [1.165, 1.54) is 18.3 Å². The van der Waals surface area contributed by atoms with Crippen LogP contribution in [0.4, 0.5) is 10.2 Å². The summed E-state index contributed by atoms with van der Waals surface area (Å²) in [5, 5.41) is 3.15. The third-order valence-electron chi connectivity index (χ3n) is 4.11. The summed E-state index contributed by atoms with van der Waals surface area (Å²) in [6.45, 7) is 1.15. The Morgan fingerprint density at radius 2 is 1.74 bits per heavy atom. The molecule has 0 saturated carbocycles. The third-order valence-corrected chi connectivity index (χ3v) is 4.11. The highest BCUT2D eigenvalue weighted by Crippen LogP contribution is 2.08. The maximum absolute atomic E-state index is 12.9. The molecule has 0 bridgehead atoms. The van der Waals surface area contributed by atoms with E-state index < -0.39 is 0 Å². The first kappa shape index (κ1) is 18.5. The second-order valence-corrected chi connectivity index (χ2v) is 6.24. The number of nitrogens with one attached hydrogen (secondary N) is 1.